The Morgan fingerprint density at radius 2 is 1.57 bits per heavy atom. The average Bonchev–Trinajstić information content (AvgIpc) is 2.90. The van der Waals surface area contributed by atoms with E-state index >= 15 is 0 Å². The predicted molar refractivity (Wildman–Crippen MR) is 139 cm³/mol. The predicted octanol–water partition coefficient (Wildman–Crippen LogP) is 4.15. The minimum atomic E-state index is -4.64. The molecule has 0 aromatic heterocycles. The maximum atomic E-state index is 13.7. The van der Waals surface area contributed by atoms with Gasteiger partial charge in [-0.3, -0.25) is 9.59 Å². The van der Waals surface area contributed by atoms with Gasteiger partial charge < -0.3 is 21.1 Å². The lowest BCUT2D eigenvalue weighted by atomic mass is 10.0. The lowest BCUT2D eigenvalue weighted by Crippen LogP contribution is -2.51. The van der Waals surface area contributed by atoms with E-state index in [0.29, 0.717) is 18.7 Å². The molecule has 0 bridgehead atoms. The number of aryl methyl sites for hydroxylation is 1. The maximum Gasteiger partial charge on any atom is 0.416 e. The van der Waals surface area contributed by atoms with Crippen LogP contribution < -0.4 is 16.0 Å². The number of halogens is 5. The molecule has 0 aliphatic carbocycles. The van der Waals surface area contributed by atoms with Crippen LogP contribution in [0, 0.1) is 11.6 Å². The number of carbonyl (C=O) groups is 2. The zero-order valence-electron chi connectivity index (χ0n) is 21.7. The summed E-state index contributed by atoms with van der Waals surface area (Å²) in [5.41, 5.74) is 1.02. The van der Waals surface area contributed by atoms with Gasteiger partial charge in [0.2, 0.25) is 5.91 Å². The highest BCUT2D eigenvalue weighted by molar-refractivity contribution is 5.96. The van der Waals surface area contributed by atoms with E-state index in [0.717, 1.165) is 41.8 Å². The summed E-state index contributed by atoms with van der Waals surface area (Å²) in [6, 6.07) is 13.4. The number of carbonyl (C=O) groups excluding carboxylic acids is 2. The van der Waals surface area contributed by atoms with Crippen LogP contribution in [-0.4, -0.2) is 42.2 Å². The molecule has 2 atom stereocenters. The van der Waals surface area contributed by atoms with Crippen LogP contribution in [-0.2, 0) is 30.4 Å². The second-order valence-corrected chi connectivity index (χ2v) is 9.29. The van der Waals surface area contributed by atoms with Crippen LogP contribution in [0.1, 0.15) is 39.5 Å². The van der Waals surface area contributed by atoms with Crippen molar-refractivity contribution in [2.24, 2.45) is 0 Å². The van der Waals surface area contributed by atoms with Crippen molar-refractivity contribution >= 4 is 11.8 Å². The smallest absolute Gasteiger partial charge is 0.390 e. The van der Waals surface area contributed by atoms with E-state index in [-0.39, 0.29) is 24.1 Å². The Labute approximate surface area is 228 Å². The molecule has 214 valence electrons. The average molecular weight is 564 g/mol. The molecule has 3 rings (SSSR count). The van der Waals surface area contributed by atoms with E-state index in [1.54, 1.807) is 0 Å². The van der Waals surface area contributed by atoms with Crippen molar-refractivity contribution in [3.63, 3.8) is 0 Å². The zero-order chi connectivity index (χ0) is 29.3. The van der Waals surface area contributed by atoms with Gasteiger partial charge in [-0.2, -0.15) is 13.2 Å². The second-order valence-electron chi connectivity index (χ2n) is 9.29. The molecule has 1 unspecified atom stereocenters. The van der Waals surface area contributed by atoms with Crippen molar-refractivity contribution in [1.82, 2.24) is 16.0 Å². The summed E-state index contributed by atoms with van der Waals surface area (Å²) in [7, 11) is 0. The van der Waals surface area contributed by atoms with Crippen molar-refractivity contribution < 1.29 is 36.6 Å². The molecule has 2 amide bonds. The molecule has 0 radical (unpaired) electrons. The summed E-state index contributed by atoms with van der Waals surface area (Å²) >= 11 is 0. The van der Waals surface area contributed by atoms with E-state index in [2.05, 4.69) is 16.0 Å². The Morgan fingerprint density at radius 1 is 0.900 bits per heavy atom. The van der Waals surface area contributed by atoms with Crippen molar-refractivity contribution in [3.05, 3.63) is 106 Å². The Morgan fingerprint density at radius 3 is 2.25 bits per heavy atom. The number of hydrogen-bond donors (Lipinski definition) is 4. The number of rotatable bonds is 12. The standard InChI is InChI=1S/C29H30F5N3O3/c1-2-18-5-3-6-19(9-18)15-35-16-26(38)25(12-20-10-23(30)14-24(31)11-20)37-27(39)17-36-28(40)21-7-4-8-22(13-21)29(32,33)34/h3-11,13-14,25-26,35,38H,2,12,15-17H2,1H3,(H,36,40)(H,37,39)/t25-,26?/m1/s1. The Hall–Kier alpha value is -3.83. The molecule has 0 saturated carbocycles. The van der Waals surface area contributed by atoms with Crippen LogP contribution in [0.3, 0.4) is 0 Å². The molecule has 0 saturated heterocycles. The molecular formula is C29H30F5N3O3. The first kappa shape index (κ1) is 30.7. The van der Waals surface area contributed by atoms with Crippen LogP contribution in [0.4, 0.5) is 22.0 Å². The molecule has 0 spiro atoms. The topological polar surface area (TPSA) is 90.5 Å². The number of aliphatic hydroxyl groups is 1. The van der Waals surface area contributed by atoms with Gasteiger partial charge in [0.05, 0.1) is 24.3 Å². The molecule has 3 aromatic carbocycles. The van der Waals surface area contributed by atoms with Crippen molar-refractivity contribution in [2.75, 3.05) is 13.1 Å². The summed E-state index contributed by atoms with van der Waals surface area (Å²) in [4.78, 5) is 25.0. The highest BCUT2D eigenvalue weighted by atomic mass is 19.4. The first-order valence-electron chi connectivity index (χ1n) is 12.6. The third-order valence-electron chi connectivity index (χ3n) is 6.13. The fraction of sp³-hybridized carbons (Fsp3) is 0.310. The number of benzene rings is 3. The van der Waals surface area contributed by atoms with Crippen LogP contribution >= 0.6 is 0 Å². The molecule has 0 heterocycles. The van der Waals surface area contributed by atoms with Gasteiger partial charge in [-0.25, -0.2) is 8.78 Å². The fourth-order valence-electron chi connectivity index (χ4n) is 4.09. The van der Waals surface area contributed by atoms with Gasteiger partial charge in [-0.05, 0) is 59.9 Å². The molecule has 40 heavy (non-hydrogen) atoms. The molecule has 0 aliphatic heterocycles. The maximum absolute atomic E-state index is 13.7. The Balaban J connectivity index is 1.64. The molecular weight excluding hydrogens is 533 g/mol. The van der Waals surface area contributed by atoms with E-state index in [1.807, 2.05) is 31.2 Å². The normalized spacial score (nSPS) is 13.0. The molecule has 6 nitrogen and oxygen atoms in total. The summed E-state index contributed by atoms with van der Waals surface area (Å²) in [6.07, 6.45) is -5.10. The van der Waals surface area contributed by atoms with E-state index in [1.165, 1.54) is 6.07 Å². The molecule has 4 N–H and O–H groups in total. The van der Waals surface area contributed by atoms with Crippen LogP contribution in [0.25, 0.3) is 0 Å². The second kappa shape index (κ2) is 14.0. The summed E-state index contributed by atoms with van der Waals surface area (Å²) < 4.78 is 66.3. The Kier molecular flexibility index (Phi) is 10.7. The lowest BCUT2D eigenvalue weighted by Gasteiger charge is -2.25. The lowest BCUT2D eigenvalue weighted by molar-refractivity contribution is -0.137. The number of amides is 2. The van der Waals surface area contributed by atoms with Gasteiger partial charge >= 0.3 is 6.18 Å². The third-order valence-corrected chi connectivity index (χ3v) is 6.13. The summed E-state index contributed by atoms with van der Waals surface area (Å²) in [5.74, 6) is -3.30. The Bertz CT molecular complexity index is 1300. The van der Waals surface area contributed by atoms with Gasteiger partial charge in [-0.15, -0.1) is 0 Å². The molecule has 11 heteroatoms. The van der Waals surface area contributed by atoms with E-state index in [9.17, 15) is 36.6 Å². The molecule has 3 aromatic rings. The minimum Gasteiger partial charge on any atom is -0.390 e. The van der Waals surface area contributed by atoms with E-state index < -0.39 is 53.9 Å². The van der Waals surface area contributed by atoms with Crippen LogP contribution in [0.15, 0.2) is 66.7 Å². The van der Waals surface area contributed by atoms with E-state index in [4.69, 9.17) is 0 Å². The van der Waals surface area contributed by atoms with Gasteiger partial charge in [0.25, 0.3) is 5.91 Å². The van der Waals surface area contributed by atoms with Crippen LogP contribution in [0.2, 0.25) is 0 Å². The SMILES string of the molecule is CCc1cccc(CNCC(O)[C@@H](Cc2cc(F)cc(F)c2)NC(=O)CNC(=O)c2cccc(C(F)(F)F)c2)c1. The highest BCUT2D eigenvalue weighted by Gasteiger charge is 2.31. The first-order valence-corrected chi connectivity index (χ1v) is 12.6. The minimum absolute atomic E-state index is 0.0235. The van der Waals surface area contributed by atoms with Crippen molar-refractivity contribution in [3.8, 4) is 0 Å². The number of alkyl halides is 3. The summed E-state index contributed by atoms with van der Waals surface area (Å²) in [6.45, 7) is 1.87. The van der Waals surface area contributed by atoms with Gasteiger partial charge in [0, 0.05) is 24.7 Å². The first-order chi connectivity index (χ1) is 18.9. The third kappa shape index (κ3) is 9.42. The largest absolute Gasteiger partial charge is 0.416 e. The molecule has 0 aliphatic rings. The van der Waals surface area contributed by atoms with Gasteiger partial charge in [0.15, 0.2) is 0 Å². The van der Waals surface area contributed by atoms with Crippen molar-refractivity contribution in [2.45, 2.75) is 44.6 Å². The number of hydrogen-bond acceptors (Lipinski definition) is 4. The monoisotopic (exact) mass is 563 g/mol. The van der Waals surface area contributed by atoms with Gasteiger partial charge in [0.1, 0.15) is 11.6 Å². The zero-order valence-corrected chi connectivity index (χ0v) is 21.7. The molecule has 0 fully saturated rings. The quantitative estimate of drug-likeness (QED) is 0.249. The number of aliphatic hydroxyl groups excluding tert-OH is 1. The van der Waals surface area contributed by atoms with Gasteiger partial charge in [-0.1, -0.05) is 37.3 Å². The number of nitrogens with one attached hydrogen (secondary N) is 3. The van der Waals surface area contributed by atoms with Crippen LogP contribution in [0.5, 0.6) is 0 Å². The fourth-order valence-corrected chi connectivity index (χ4v) is 4.09. The van der Waals surface area contributed by atoms with Crippen molar-refractivity contribution in [1.29, 1.82) is 0 Å². The highest BCUT2D eigenvalue weighted by Crippen LogP contribution is 2.29. The summed E-state index contributed by atoms with van der Waals surface area (Å²) in [5, 5.41) is 18.7.